The Morgan fingerprint density at radius 3 is 2.90 bits per heavy atom. The molecule has 1 amide bonds. The van der Waals surface area contributed by atoms with E-state index in [1.165, 1.54) is 35.1 Å². The molecule has 1 aliphatic rings. The summed E-state index contributed by atoms with van der Waals surface area (Å²) in [6, 6.07) is 7.21. The molecule has 1 unspecified atom stereocenters. The Morgan fingerprint density at radius 2 is 2.17 bits per heavy atom. The van der Waals surface area contributed by atoms with Crippen molar-refractivity contribution in [2.24, 2.45) is 0 Å². The second-order valence-electron chi connectivity index (χ2n) is 7.26. The molecule has 0 saturated carbocycles. The van der Waals surface area contributed by atoms with Crippen molar-refractivity contribution in [1.29, 1.82) is 0 Å². The lowest BCUT2D eigenvalue weighted by atomic mass is 10.1. The fourth-order valence-corrected chi connectivity index (χ4v) is 4.11. The van der Waals surface area contributed by atoms with Crippen LogP contribution in [0.25, 0.3) is 10.9 Å². The molecule has 1 atom stereocenters. The van der Waals surface area contributed by atoms with Crippen molar-refractivity contribution < 1.29 is 22.3 Å². The van der Waals surface area contributed by atoms with Crippen LogP contribution in [0.1, 0.15) is 29.8 Å². The van der Waals surface area contributed by atoms with Gasteiger partial charge in [0.15, 0.2) is 20.7 Å². The first kappa shape index (κ1) is 20.4. The Hall–Kier alpha value is -2.85. The Balaban J connectivity index is 1.70. The summed E-state index contributed by atoms with van der Waals surface area (Å²) in [6.45, 7) is 0.967. The molecule has 1 N–H and O–H groups in total. The van der Waals surface area contributed by atoms with E-state index in [1.54, 1.807) is 6.07 Å². The van der Waals surface area contributed by atoms with Gasteiger partial charge in [-0.25, -0.2) is 17.8 Å². The summed E-state index contributed by atoms with van der Waals surface area (Å²) in [5.74, 6) is -1.04. The van der Waals surface area contributed by atoms with Crippen molar-refractivity contribution in [3.05, 3.63) is 48.0 Å². The number of pyridine rings is 1. The van der Waals surface area contributed by atoms with E-state index < -0.39 is 21.6 Å². The van der Waals surface area contributed by atoms with E-state index >= 15 is 0 Å². The molecule has 0 aliphatic carbocycles. The third kappa shape index (κ3) is 4.19. The highest BCUT2D eigenvalue weighted by molar-refractivity contribution is 7.90. The number of nitrogens with zero attached hydrogens (tertiary/aromatic N) is 3. The number of aromatic nitrogens is 3. The number of halogens is 1. The third-order valence-corrected chi connectivity index (χ3v) is 5.94. The van der Waals surface area contributed by atoms with Crippen molar-refractivity contribution in [2.75, 3.05) is 18.2 Å². The van der Waals surface area contributed by atoms with Gasteiger partial charge in [0, 0.05) is 30.1 Å². The molecule has 8 nitrogen and oxygen atoms in total. The number of carbonyl (C=O) groups excluding carboxylic acids is 1. The Bertz CT molecular complexity index is 1200. The van der Waals surface area contributed by atoms with Crippen molar-refractivity contribution in [3.8, 4) is 0 Å². The maximum absolute atomic E-state index is 14.3. The van der Waals surface area contributed by atoms with Crippen LogP contribution >= 0.6 is 0 Å². The topological polar surface area (TPSA) is 103 Å². The largest absolute Gasteiger partial charge is 0.376 e. The molecule has 1 aromatic carbocycles. The number of carbonyl (C=O) groups is 1. The van der Waals surface area contributed by atoms with E-state index in [2.05, 4.69) is 15.4 Å². The number of nitrogens with one attached hydrogen (secondary N) is 1. The summed E-state index contributed by atoms with van der Waals surface area (Å²) in [4.78, 5) is 16.9. The number of amides is 1. The fraction of sp³-hybridized carbons (Fsp3) is 0.350. The number of rotatable bonds is 5. The van der Waals surface area contributed by atoms with Crippen LogP contribution in [-0.4, -0.2) is 48.1 Å². The van der Waals surface area contributed by atoms with Crippen LogP contribution < -0.4 is 5.32 Å². The van der Waals surface area contributed by atoms with Gasteiger partial charge in [-0.2, -0.15) is 5.10 Å². The summed E-state index contributed by atoms with van der Waals surface area (Å²) in [5, 5.41) is 7.22. The number of benzene rings is 1. The van der Waals surface area contributed by atoms with E-state index in [-0.39, 0.29) is 28.0 Å². The molecule has 0 radical (unpaired) electrons. The maximum atomic E-state index is 14.3. The number of fused-ring (bicyclic) bond motifs is 1. The number of sulfone groups is 1. The lowest BCUT2D eigenvalue weighted by Crippen LogP contribution is -2.28. The van der Waals surface area contributed by atoms with Crippen LogP contribution in [0.5, 0.6) is 0 Å². The SMILES string of the molecule is CS(=O)(=O)c1cc(NC(=O)c2c3cccc(F)c3nn2CC2CCCCO2)ccn1. The lowest BCUT2D eigenvalue weighted by molar-refractivity contribution is 0.00378. The molecule has 0 bridgehead atoms. The Kier molecular flexibility index (Phi) is 5.52. The van der Waals surface area contributed by atoms with Gasteiger partial charge >= 0.3 is 0 Å². The van der Waals surface area contributed by atoms with Gasteiger partial charge < -0.3 is 10.1 Å². The van der Waals surface area contributed by atoms with Crippen molar-refractivity contribution in [3.63, 3.8) is 0 Å². The minimum Gasteiger partial charge on any atom is -0.376 e. The zero-order valence-corrected chi connectivity index (χ0v) is 17.2. The Morgan fingerprint density at radius 1 is 1.33 bits per heavy atom. The second-order valence-corrected chi connectivity index (χ2v) is 9.23. The molecule has 4 rings (SSSR count). The van der Waals surface area contributed by atoms with Gasteiger partial charge in [0.2, 0.25) is 0 Å². The molecule has 0 spiro atoms. The third-order valence-electron chi connectivity index (χ3n) is 4.96. The quantitative estimate of drug-likeness (QED) is 0.665. The van der Waals surface area contributed by atoms with Crippen LogP contribution in [0, 0.1) is 5.82 Å². The summed E-state index contributed by atoms with van der Waals surface area (Å²) in [7, 11) is -3.53. The van der Waals surface area contributed by atoms with Crippen LogP contribution in [0.3, 0.4) is 0 Å². The molecular formula is C20H21FN4O4S. The molecule has 1 saturated heterocycles. The fourth-order valence-electron chi connectivity index (χ4n) is 3.51. The molecule has 158 valence electrons. The second kappa shape index (κ2) is 8.11. The average molecular weight is 432 g/mol. The zero-order chi connectivity index (χ0) is 21.3. The lowest BCUT2D eigenvalue weighted by Gasteiger charge is -2.23. The van der Waals surface area contributed by atoms with Crippen LogP contribution in [0.2, 0.25) is 0 Å². The summed E-state index contributed by atoms with van der Waals surface area (Å²) in [5.41, 5.74) is 0.558. The van der Waals surface area contributed by atoms with E-state index in [1.807, 2.05) is 0 Å². The van der Waals surface area contributed by atoms with Gasteiger partial charge in [-0.05, 0) is 37.5 Å². The standard InChI is InChI=1S/C20H21FN4O4S/c1-30(27,28)17-11-13(8-9-22-17)23-20(26)19-15-6-4-7-16(21)18(15)24-25(19)12-14-5-2-3-10-29-14/h4,6-9,11,14H,2-3,5,10,12H2,1H3,(H,22,23,26). The summed E-state index contributed by atoms with van der Waals surface area (Å²) >= 11 is 0. The highest BCUT2D eigenvalue weighted by Gasteiger charge is 2.24. The summed E-state index contributed by atoms with van der Waals surface area (Å²) < 4.78 is 45.0. The molecule has 30 heavy (non-hydrogen) atoms. The molecule has 3 heterocycles. The van der Waals surface area contributed by atoms with Gasteiger partial charge in [0.25, 0.3) is 5.91 Å². The predicted octanol–water partition coefficient (Wildman–Crippen LogP) is 2.80. The highest BCUT2D eigenvalue weighted by atomic mass is 32.2. The van der Waals surface area contributed by atoms with Gasteiger partial charge in [-0.15, -0.1) is 0 Å². The van der Waals surface area contributed by atoms with Gasteiger partial charge in [0.1, 0.15) is 11.2 Å². The first-order chi connectivity index (χ1) is 14.3. The molecule has 1 fully saturated rings. The highest BCUT2D eigenvalue weighted by Crippen LogP contribution is 2.24. The minimum atomic E-state index is -3.53. The molecular weight excluding hydrogens is 411 g/mol. The van der Waals surface area contributed by atoms with Crippen molar-refractivity contribution in [1.82, 2.24) is 14.8 Å². The molecule has 3 aromatic rings. The molecule has 2 aromatic heterocycles. The van der Waals surface area contributed by atoms with E-state index in [0.29, 0.717) is 18.5 Å². The van der Waals surface area contributed by atoms with Crippen molar-refractivity contribution >= 4 is 32.3 Å². The monoisotopic (exact) mass is 432 g/mol. The first-order valence-electron chi connectivity index (χ1n) is 9.57. The van der Waals surface area contributed by atoms with Gasteiger partial charge in [0.05, 0.1) is 12.6 Å². The van der Waals surface area contributed by atoms with E-state index in [9.17, 15) is 17.6 Å². The first-order valence-corrected chi connectivity index (χ1v) is 11.5. The van der Waals surface area contributed by atoms with Crippen LogP contribution in [0.15, 0.2) is 41.6 Å². The van der Waals surface area contributed by atoms with Crippen molar-refractivity contribution in [2.45, 2.75) is 36.9 Å². The Labute approximate surface area is 173 Å². The van der Waals surface area contributed by atoms with Crippen LogP contribution in [-0.2, 0) is 21.1 Å². The van der Waals surface area contributed by atoms with E-state index in [0.717, 1.165) is 25.5 Å². The number of anilines is 1. The minimum absolute atomic E-state index is 0.102. The molecule has 1 aliphatic heterocycles. The number of hydrogen-bond acceptors (Lipinski definition) is 6. The van der Waals surface area contributed by atoms with Gasteiger partial charge in [-0.1, -0.05) is 12.1 Å². The van der Waals surface area contributed by atoms with Crippen LogP contribution in [0.4, 0.5) is 10.1 Å². The van der Waals surface area contributed by atoms with Gasteiger partial charge in [-0.3, -0.25) is 9.48 Å². The smallest absolute Gasteiger partial charge is 0.274 e. The van der Waals surface area contributed by atoms with E-state index in [4.69, 9.17) is 4.74 Å². The summed E-state index contributed by atoms with van der Waals surface area (Å²) in [6.07, 6.45) is 5.08. The average Bonchev–Trinajstić information content (AvgIpc) is 3.08. The maximum Gasteiger partial charge on any atom is 0.274 e. The molecule has 10 heteroatoms. The normalized spacial score (nSPS) is 17.2. The number of hydrogen-bond donors (Lipinski definition) is 1. The number of ether oxygens (including phenoxy) is 1. The zero-order valence-electron chi connectivity index (χ0n) is 16.3. The predicted molar refractivity (Wildman–Crippen MR) is 109 cm³/mol.